The Morgan fingerprint density at radius 1 is 1.00 bits per heavy atom. The Balaban J connectivity index is 1.54. The van der Waals surface area contributed by atoms with Crippen LogP contribution in [0.5, 0.6) is 5.75 Å². The average Bonchev–Trinajstić information content (AvgIpc) is 2.77. The highest BCUT2D eigenvalue weighted by molar-refractivity contribution is 5.88. The Labute approximate surface area is 165 Å². The predicted octanol–water partition coefficient (Wildman–Crippen LogP) is 4.21. The van der Waals surface area contributed by atoms with E-state index in [4.69, 9.17) is 9.47 Å². The molecule has 4 heteroatoms. The number of carbonyl (C=O) groups is 1. The SMILES string of the molecule is COc1ccc(C2(C(=O)NCc3ccc4ccccc4c3)CCOCC2)cc1. The number of fused-ring (bicyclic) bond motifs is 1. The minimum absolute atomic E-state index is 0.0640. The van der Waals surface area contributed by atoms with E-state index in [9.17, 15) is 4.79 Å². The predicted molar refractivity (Wildman–Crippen MR) is 111 cm³/mol. The number of methoxy groups -OCH3 is 1. The van der Waals surface area contributed by atoms with Crippen molar-refractivity contribution in [2.24, 2.45) is 0 Å². The van der Waals surface area contributed by atoms with Gasteiger partial charge in [-0.3, -0.25) is 4.79 Å². The van der Waals surface area contributed by atoms with Gasteiger partial charge < -0.3 is 14.8 Å². The van der Waals surface area contributed by atoms with Crippen molar-refractivity contribution in [1.29, 1.82) is 0 Å². The number of amides is 1. The van der Waals surface area contributed by atoms with Crippen LogP contribution in [-0.4, -0.2) is 26.2 Å². The molecule has 4 rings (SSSR count). The maximum absolute atomic E-state index is 13.3. The van der Waals surface area contributed by atoms with Crippen molar-refractivity contribution < 1.29 is 14.3 Å². The molecule has 1 fully saturated rings. The first-order valence-corrected chi connectivity index (χ1v) is 9.69. The molecule has 4 nitrogen and oxygen atoms in total. The van der Waals surface area contributed by atoms with Gasteiger partial charge in [0, 0.05) is 19.8 Å². The Morgan fingerprint density at radius 2 is 1.71 bits per heavy atom. The van der Waals surface area contributed by atoms with E-state index in [2.05, 4.69) is 35.6 Å². The number of benzene rings is 3. The molecule has 1 aliphatic rings. The molecule has 0 radical (unpaired) electrons. The van der Waals surface area contributed by atoms with Crippen LogP contribution in [0.4, 0.5) is 0 Å². The van der Waals surface area contributed by atoms with Crippen LogP contribution in [-0.2, 0) is 21.5 Å². The van der Waals surface area contributed by atoms with Crippen LogP contribution >= 0.6 is 0 Å². The Bertz CT molecular complexity index is 959. The maximum atomic E-state index is 13.3. The third-order valence-electron chi connectivity index (χ3n) is 5.69. The fraction of sp³-hybridized carbons (Fsp3) is 0.292. The van der Waals surface area contributed by atoms with Gasteiger partial charge in [0.05, 0.1) is 12.5 Å². The van der Waals surface area contributed by atoms with Crippen molar-refractivity contribution in [3.8, 4) is 5.75 Å². The van der Waals surface area contributed by atoms with E-state index >= 15 is 0 Å². The van der Waals surface area contributed by atoms with E-state index in [1.54, 1.807) is 7.11 Å². The Kier molecular flexibility index (Phi) is 5.31. The third kappa shape index (κ3) is 3.60. The summed E-state index contributed by atoms with van der Waals surface area (Å²) in [5, 5.41) is 5.57. The van der Waals surface area contributed by atoms with E-state index in [-0.39, 0.29) is 5.91 Å². The van der Waals surface area contributed by atoms with Crippen LogP contribution in [0, 0.1) is 0 Å². The lowest BCUT2D eigenvalue weighted by molar-refractivity contribution is -0.130. The number of nitrogens with one attached hydrogen (secondary N) is 1. The fourth-order valence-electron chi connectivity index (χ4n) is 3.98. The lowest BCUT2D eigenvalue weighted by atomic mass is 9.73. The smallest absolute Gasteiger partial charge is 0.231 e. The third-order valence-corrected chi connectivity index (χ3v) is 5.69. The molecule has 1 aliphatic heterocycles. The minimum Gasteiger partial charge on any atom is -0.497 e. The lowest BCUT2D eigenvalue weighted by Gasteiger charge is -2.36. The van der Waals surface area contributed by atoms with Gasteiger partial charge in [-0.15, -0.1) is 0 Å². The molecule has 1 saturated heterocycles. The summed E-state index contributed by atoms with van der Waals surface area (Å²) >= 11 is 0. The minimum atomic E-state index is -0.554. The molecular weight excluding hydrogens is 350 g/mol. The normalized spacial score (nSPS) is 15.9. The van der Waals surface area contributed by atoms with E-state index in [0.717, 1.165) is 16.9 Å². The van der Waals surface area contributed by atoms with Gasteiger partial charge >= 0.3 is 0 Å². The number of hydrogen-bond donors (Lipinski definition) is 1. The van der Waals surface area contributed by atoms with Crippen molar-refractivity contribution in [1.82, 2.24) is 5.32 Å². The topological polar surface area (TPSA) is 47.6 Å². The largest absolute Gasteiger partial charge is 0.497 e. The van der Waals surface area contributed by atoms with Crippen LogP contribution < -0.4 is 10.1 Å². The highest BCUT2D eigenvalue weighted by atomic mass is 16.5. The fourth-order valence-corrected chi connectivity index (χ4v) is 3.98. The Hall–Kier alpha value is -2.85. The molecule has 0 saturated carbocycles. The number of hydrogen-bond acceptors (Lipinski definition) is 3. The van der Waals surface area contributed by atoms with E-state index < -0.39 is 5.41 Å². The number of carbonyl (C=O) groups excluding carboxylic acids is 1. The van der Waals surface area contributed by atoms with Crippen LogP contribution in [0.15, 0.2) is 66.7 Å². The summed E-state index contributed by atoms with van der Waals surface area (Å²) in [6, 6.07) is 22.4. The molecular formula is C24H25NO3. The molecule has 1 N–H and O–H groups in total. The van der Waals surface area contributed by atoms with Gasteiger partial charge in [0.1, 0.15) is 5.75 Å². The highest BCUT2D eigenvalue weighted by Gasteiger charge is 2.41. The van der Waals surface area contributed by atoms with E-state index in [1.807, 2.05) is 36.4 Å². The first kappa shape index (κ1) is 18.5. The van der Waals surface area contributed by atoms with E-state index in [0.29, 0.717) is 32.6 Å². The summed E-state index contributed by atoms with van der Waals surface area (Å²) in [5.41, 5.74) is 1.57. The van der Waals surface area contributed by atoms with Crippen LogP contribution in [0.3, 0.4) is 0 Å². The highest BCUT2D eigenvalue weighted by Crippen LogP contribution is 2.36. The summed E-state index contributed by atoms with van der Waals surface area (Å²) in [5.74, 6) is 0.858. The van der Waals surface area contributed by atoms with Gasteiger partial charge in [0.2, 0.25) is 5.91 Å². The molecule has 1 amide bonds. The van der Waals surface area contributed by atoms with Gasteiger partial charge in [-0.25, -0.2) is 0 Å². The van der Waals surface area contributed by atoms with Gasteiger partial charge in [0.25, 0.3) is 0 Å². The summed E-state index contributed by atoms with van der Waals surface area (Å²) in [4.78, 5) is 13.3. The van der Waals surface area contributed by atoms with Gasteiger partial charge in [0.15, 0.2) is 0 Å². The zero-order valence-electron chi connectivity index (χ0n) is 16.1. The zero-order chi connectivity index (χ0) is 19.4. The lowest BCUT2D eigenvalue weighted by Crippen LogP contribution is -2.47. The first-order valence-electron chi connectivity index (χ1n) is 9.69. The van der Waals surface area contributed by atoms with Crippen LogP contribution in [0.2, 0.25) is 0 Å². The molecule has 0 aromatic heterocycles. The second-order valence-electron chi connectivity index (χ2n) is 7.29. The summed E-state index contributed by atoms with van der Waals surface area (Å²) in [6.45, 7) is 1.70. The average molecular weight is 375 g/mol. The summed E-state index contributed by atoms with van der Waals surface area (Å²) in [7, 11) is 1.65. The quantitative estimate of drug-likeness (QED) is 0.727. The molecule has 0 aliphatic carbocycles. The van der Waals surface area contributed by atoms with Crippen LogP contribution in [0.25, 0.3) is 10.8 Å². The molecule has 28 heavy (non-hydrogen) atoms. The van der Waals surface area contributed by atoms with Crippen molar-refractivity contribution >= 4 is 16.7 Å². The summed E-state index contributed by atoms with van der Waals surface area (Å²) in [6.07, 6.45) is 1.37. The van der Waals surface area contributed by atoms with Gasteiger partial charge in [-0.1, -0.05) is 48.5 Å². The Morgan fingerprint density at radius 3 is 2.43 bits per heavy atom. The van der Waals surface area contributed by atoms with Crippen LogP contribution in [0.1, 0.15) is 24.0 Å². The monoisotopic (exact) mass is 375 g/mol. The van der Waals surface area contributed by atoms with Gasteiger partial charge in [-0.05, 0) is 52.9 Å². The number of rotatable bonds is 5. The second-order valence-corrected chi connectivity index (χ2v) is 7.29. The van der Waals surface area contributed by atoms with Crippen molar-refractivity contribution in [2.45, 2.75) is 24.8 Å². The first-order chi connectivity index (χ1) is 13.7. The standard InChI is InChI=1S/C24H25NO3/c1-27-22-10-8-21(9-11-22)24(12-14-28-15-13-24)23(26)25-17-18-6-7-19-4-2-3-5-20(19)16-18/h2-11,16H,12-15,17H2,1H3,(H,25,26). The molecule has 1 heterocycles. The molecule has 0 unspecified atom stereocenters. The number of ether oxygens (including phenoxy) is 2. The summed E-state index contributed by atoms with van der Waals surface area (Å²) < 4.78 is 10.8. The molecule has 3 aromatic carbocycles. The molecule has 0 atom stereocenters. The van der Waals surface area contributed by atoms with Crippen molar-refractivity contribution in [2.75, 3.05) is 20.3 Å². The molecule has 144 valence electrons. The zero-order valence-corrected chi connectivity index (χ0v) is 16.1. The van der Waals surface area contributed by atoms with Crippen molar-refractivity contribution in [3.05, 3.63) is 77.9 Å². The van der Waals surface area contributed by atoms with E-state index in [1.165, 1.54) is 10.8 Å². The van der Waals surface area contributed by atoms with Crippen molar-refractivity contribution in [3.63, 3.8) is 0 Å². The second kappa shape index (κ2) is 8.03. The maximum Gasteiger partial charge on any atom is 0.231 e. The molecule has 0 spiro atoms. The molecule has 0 bridgehead atoms. The molecule has 3 aromatic rings. The van der Waals surface area contributed by atoms with Gasteiger partial charge in [-0.2, -0.15) is 0 Å².